The zero-order valence-electron chi connectivity index (χ0n) is 9.94. The Bertz CT molecular complexity index is 402. The molecule has 98 valence electrons. The maximum Gasteiger partial charge on any atom is 0.456 e. The number of ether oxygens (including phenoxy) is 2. The molecule has 0 saturated heterocycles. The van der Waals surface area contributed by atoms with E-state index in [9.17, 15) is 13.6 Å². The molecule has 0 saturated carbocycles. The average Bonchev–Trinajstić information content (AvgIpc) is 2.36. The number of benzene rings is 1. The van der Waals surface area contributed by atoms with Crippen molar-refractivity contribution in [2.45, 2.75) is 13.0 Å². The third-order valence-corrected chi connectivity index (χ3v) is 1.98. The van der Waals surface area contributed by atoms with E-state index in [0.717, 1.165) is 5.56 Å². The van der Waals surface area contributed by atoms with Gasteiger partial charge in [-0.1, -0.05) is 42.5 Å². The van der Waals surface area contributed by atoms with E-state index in [-0.39, 0.29) is 13.2 Å². The lowest BCUT2D eigenvalue weighted by molar-refractivity contribution is -0.245. The Labute approximate surface area is 104 Å². The third-order valence-electron chi connectivity index (χ3n) is 1.98. The van der Waals surface area contributed by atoms with E-state index in [0.29, 0.717) is 0 Å². The summed E-state index contributed by atoms with van der Waals surface area (Å²) in [6, 6.07) is 9.14. The summed E-state index contributed by atoms with van der Waals surface area (Å²) < 4.78 is 34.4. The van der Waals surface area contributed by atoms with Crippen molar-refractivity contribution in [3.05, 3.63) is 42.0 Å². The fraction of sp³-hybridized carbons (Fsp3) is 0.308. The van der Waals surface area contributed by atoms with Crippen molar-refractivity contribution in [2.24, 2.45) is 0 Å². The standard InChI is InChI=1S/C13H14F2O3/c1-2-17-12(16)13(14,15)18-10-6-9-11-7-4-3-5-8-11/h3-9H,2,10H2,1H3. The molecule has 0 unspecified atom stereocenters. The van der Waals surface area contributed by atoms with E-state index < -0.39 is 12.1 Å². The summed E-state index contributed by atoms with van der Waals surface area (Å²) in [7, 11) is 0. The predicted octanol–water partition coefficient (Wildman–Crippen LogP) is 2.87. The molecule has 0 amide bonds. The van der Waals surface area contributed by atoms with Crippen LogP contribution in [0.25, 0.3) is 6.08 Å². The van der Waals surface area contributed by atoms with Gasteiger partial charge >= 0.3 is 12.1 Å². The van der Waals surface area contributed by atoms with E-state index in [1.165, 1.54) is 13.0 Å². The van der Waals surface area contributed by atoms with Crippen molar-refractivity contribution in [3.63, 3.8) is 0 Å². The molecule has 0 aliphatic heterocycles. The summed E-state index contributed by atoms with van der Waals surface area (Å²) in [6.07, 6.45) is -0.874. The van der Waals surface area contributed by atoms with Crippen LogP contribution in [0.1, 0.15) is 12.5 Å². The van der Waals surface area contributed by atoms with Gasteiger partial charge in [-0.15, -0.1) is 0 Å². The SMILES string of the molecule is CCOC(=O)C(F)(F)OCC=Cc1ccccc1. The smallest absolute Gasteiger partial charge is 0.456 e. The monoisotopic (exact) mass is 256 g/mol. The maximum absolute atomic E-state index is 13.0. The molecule has 0 fully saturated rings. The first-order chi connectivity index (χ1) is 8.56. The lowest BCUT2D eigenvalue weighted by atomic mass is 10.2. The molecule has 0 atom stereocenters. The molecule has 0 bridgehead atoms. The van der Waals surface area contributed by atoms with Crippen molar-refractivity contribution in [1.29, 1.82) is 0 Å². The fourth-order valence-corrected chi connectivity index (χ4v) is 1.18. The average molecular weight is 256 g/mol. The number of alkyl halides is 2. The number of carbonyl (C=O) groups excluding carboxylic acids is 1. The van der Waals surface area contributed by atoms with Gasteiger partial charge < -0.3 is 9.47 Å². The van der Waals surface area contributed by atoms with E-state index in [1.807, 2.05) is 30.3 Å². The first-order valence-electron chi connectivity index (χ1n) is 5.47. The molecule has 5 heteroatoms. The quantitative estimate of drug-likeness (QED) is 0.734. The Morgan fingerprint density at radius 2 is 2.00 bits per heavy atom. The van der Waals surface area contributed by atoms with E-state index >= 15 is 0 Å². The zero-order valence-corrected chi connectivity index (χ0v) is 9.94. The minimum atomic E-state index is -3.91. The van der Waals surface area contributed by atoms with Crippen LogP contribution in [0.15, 0.2) is 36.4 Å². The highest BCUT2D eigenvalue weighted by Crippen LogP contribution is 2.17. The van der Waals surface area contributed by atoms with Crippen molar-refractivity contribution in [3.8, 4) is 0 Å². The molecule has 0 heterocycles. The lowest BCUT2D eigenvalue weighted by Gasteiger charge is -2.13. The van der Waals surface area contributed by atoms with Crippen LogP contribution in [0.2, 0.25) is 0 Å². The van der Waals surface area contributed by atoms with E-state index in [1.54, 1.807) is 6.08 Å². The fourth-order valence-electron chi connectivity index (χ4n) is 1.18. The molecular weight excluding hydrogens is 242 g/mol. The highest BCUT2D eigenvalue weighted by Gasteiger charge is 2.41. The molecule has 0 spiro atoms. The first-order valence-corrected chi connectivity index (χ1v) is 5.47. The molecule has 1 rings (SSSR count). The van der Waals surface area contributed by atoms with Crippen LogP contribution >= 0.6 is 0 Å². The molecule has 3 nitrogen and oxygen atoms in total. The Morgan fingerprint density at radius 3 is 2.61 bits per heavy atom. The van der Waals surface area contributed by atoms with Gasteiger partial charge in [0.05, 0.1) is 13.2 Å². The molecule has 0 aromatic heterocycles. The normalized spacial score (nSPS) is 11.7. The van der Waals surface area contributed by atoms with Crippen LogP contribution in [-0.4, -0.2) is 25.3 Å². The van der Waals surface area contributed by atoms with Gasteiger partial charge in [0, 0.05) is 0 Å². The van der Waals surface area contributed by atoms with Crippen LogP contribution in [0, 0.1) is 0 Å². The highest BCUT2D eigenvalue weighted by atomic mass is 19.3. The molecule has 1 aromatic carbocycles. The zero-order chi connectivity index (χ0) is 13.4. The number of rotatable bonds is 6. The van der Waals surface area contributed by atoms with Gasteiger partial charge in [-0.25, -0.2) is 4.79 Å². The Morgan fingerprint density at radius 1 is 1.33 bits per heavy atom. The second-order valence-electron chi connectivity index (χ2n) is 3.36. The minimum absolute atomic E-state index is 0.113. The third kappa shape index (κ3) is 4.63. The first kappa shape index (κ1) is 14.3. The van der Waals surface area contributed by atoms with Gasteiger partial charge in [0.25, 0.3) is 0 Å². The number of hydrogen-bond acceptors (Lipinski definition) is 3. The van der Waals surface area contributed by atoms with E-state index in [4.69, 9.17) is 0 Å². The van der Waals surface area contributed by atoms with Gasteiger partial charge in [0.2, 0.25) is 0 Å². The van der Waals surface area contributed by atoms with Crippen molar-refractivity contribution in [2.75, 3.05) is 13.2 Å². The predicted molar refractivity (Wildman–Crippen MR) is 63.0 cm³/mol. The summed E-state index contributed by atoms with van der Waals surface area (Å²) in [4.78, 5) is 10.8. The Hall–Kier alpha value is -1.75. The Kier molecular flexibility index (Phi) is 5.45. The number of hydrogen-bond donors (Lipinski definition) is 0. The van der Waals surface area contributed by atoms with Crippen molar-refractivity contribution < 1.29 is 23.0 Å². The Balaban J connectivity index is 2.41. The van der Waals surface area contributed by atoms with Crippen LogP contribution in [0.4, 0.5) is 8.78 Å². The summed E-state index contributed by atoms with van der Waals surface area (Å²) in [5, 5.41) is 0. The summed E-state index contributed by atoms with van der Waals surface area (Å²) >= 11 is 0. The molecule has 0 aliphatic rings. The van der Waals surface area contributed by atoms with Gasteiger partial charge in [0.1, 0.15) is 0 Å². The number of carbonyl (C=O) groups is 1. The second kappa shape index (κ2) is 6.86. The molecule has 0 radical (unpaired) electrons. The van der Waals surface area contributed by atoms with Crippen LogP contribution in [-0.2, 0) is 14.3 Å². The largest absolute Gasteiger partial charge is 0.460 e. The van der Waals surface area contributed by atoms with Crippen LogP contribution in [0.3, 0.4) is 0 Å². The number of esters is 1. The second-order valence-corrected chi connectivity index (χ2v) is 3.36. The minimum Gasteiger partial charge on any atom is -0.460 e. The van der Waals surface area contributed by atoms with Gasteiger partial charge in [-0.05, 0) is 12.5 Å². The summed E-state index contributed by atoms with van der Waals surface area (Å²) in [5.74, 6) is -1.67. The molecule has 0 aliphatic carbocycles. The van der Waals surface area contributed by atoms with Gasteiger partial charge in [-0.3, -0.25) is 0 Å². The van der Waals surface area contributed by atoms with Crippen LogP contribution in [0.5, 0.6) is 0 Å². The van der Waals surface area contributed by atoms with Gasteiger partial charge in [-0.2, -0.15) is 8.78 Å². The summed E-state index contributed by atoms with van der Waals surface area (Å²) in [5.41, 5.74) is 0.862. The number of halogens is 2. The molecule has 18 heavy (non-hydrogen) atoms. The highest BCUT2D eigenvalue weighted by molar-refractivity contribution is 5.75. The van der Waals surface area contributed by atoms with Gasteiger partial charge in [0.15, 0.2) is 0 Å². The maximum atomic E-state index is 13.0. The van der Waals surface area contributed by atoms with Crippen molar-refractivity contribution in [1.82, 2.24) is 0 Å². The summed E-state index contributed by atoms with van der Waals surface area (Å²) in [6.45, 7) is 0.960. The van der Waals surface area contributed by atoms with Crippen molar-refractivity contribution >= 4 is 12.0 Å². The van der Waals surface area contributed by atoms with E-state index in [2.05, 4.69) is 9.47 Å². The lowest BCUT2D eigenvalue weighted by Crippen LogP contribution is -2.33. The molecular formula is C13H14F2O3. The molecule has 1 aromatic rings. The topological polar surface area (TPSA) is 35.5 Å². The molecule has 0 N–H and O–H groups in total. The van der Waals surface area contributed by atoms with Crippen LogP contribution < -0.4 is 0 Å².